The first kappa shape index (κ1) is 18.4. The van der Waals surface area contributed by atoms with E-state index < -0.39 is 0 Å². The van der Waals surface area contributed by atoms with Crippen molar-refractivity contribution in [1.29, 1.82) is 0 Å². The highest BCUT2D eigenvalue weighted by Gasteiger charge is 2.38. The fourth-order valence-electron chi connectivity index (χ4n) is 3.95. The molecule has 1 aliphatic carbocycles. The number of aliphatic hydroxyl groups is 2. The van der Waals surface area contributed by atoms with Gasteiger partial charge in [-0.05, 0) is 59.2 Å². The molecule has 2 aromatic carbocycles. The molecule has 26 heavy (non-hydrogen) atoms. The molecule has 6 nitrogen and oxygen atoms in total. The Morgan fingerprint density at radius 1 is 0.923 bits per heavy atom. The van der Waals surface area contributed by atoms with E-state index in [1.165, 1.54) is 12.1 Å². The summed E-state index contributed by atoms with van der Waals surface area (Å²) >= 11 is 0. The zero-order valence-electron chi connectivity index (χ0n) is 14.8. The average molecular weight is 360 g/mol. The van der Waals surface area contributed by atoms with Crippen LogP contribution in [0.5, 0.6) is 23.0 Å². The van der Waals surface area contributed by atoms with Crippen molar-refractivity contribution < 1.29 is 29.9 Å². The third-order valence-electron chi connectivity index (χ3n) is 5.30. The molecule has 3 rings (SSSR count). The van der Waals surface area contributed by atoms with Crippen molar-refractivity contribution in [3.63, 3.8) is 0 Å². The van der Waals surface area contributed by atoms with Crippen molar-refractivity contribution in [3.8, 4) is 23.0 Å². The molecule has 0 unspecified atom stereocenters. The van der Waals surface area contributed by atoms with Crippen LogP contribution in [0.3, 0.4) is 0 Å². The molecular weight excluding hydrogens is 336 g/mol. The summed E-state index contributed by atoms with van der Waals surface area (Å²) in [5, 5.41) is 39.4. The predicted octanol–water partition coefficient (Wildman–Crippen LogP) is 2.02. The Labute approximate surface area is 152 Å². The fraction of sp³-hybridized carbons (Fsp3) is 0.400. The molecule has 4 N–H and O–H groups in total. The highest BCUT2D eigenvalue weighted by atomic mass is 16.5. The molecule has 0 heterocycles. The van der Waals surface area contributed by atoms with Crippen LogP contribution < -0.4 is 9.47 Å². The maximum Gasteiger partial charge on any atom is 0.161 e. The molecule has 6 heteroatoms. The van der Waals surface area contributed by atoms with Gasteiger partial charge in [0.15, 0.2) is 23.0 Å². The maximum atomic E-state index is 10.0. The quantitative estimate of drug-likeness (QED) is 0.609. The van der Waals surface area contributed by atoms with E-state index in [4.69, 9.17) is 9.47 Å². The minimum absolute atomic E-state index is 0.0560. The van der Waals surface area contributed by atoms with Crippen molar-refractivity contribution in [2.24, 2.45) is 11.8 Å². The lowest BCUT2D eigenvalue weighted by Crippen LogP contribution is -2.35. The van der Waals surface area contributed by atoms with Crippen LogP contribution >= 0.6 is 0 Å². The van der Waals surface area contributed by atoms with E-state index in [9.17, 15) is 20.4 Å². The largest absolute Gasteiger partial charge is 0.504 e. The first-order valence-corrected chi connectivity index (χ1v) is 8.52. The topological polar surface area (TPSA) is 99.4 Å². The fourth-order valence-corrected chi connectivity index (χ4v) is 3.95. The molecule has 3 atom stereocenters. The van der Waals surface area contributed by atoms with Crippen LogP contribution in [0, 0.1) is 11.8 Å². The molecule has 0 spiro atoms. The number of phenols is 2. The molecule has 1 aliphatic rings. The molecule has 0 radical (unpaired) electrons. The van der Waals surface area contributed by atoms with Crippen molar-refractivity contribution in [3.05, 3.63) is 47.0 Å². The van der Waals surface area contributed by atoms with Crippen LogP contribution in [0.4, 0.5) is 0 Å². The van der Waals surface area contributed by atoms with Crippen LogP contribution in [0.2, 0.25) is 0 Å². The van der Waals surface area contributed by atoms with Gasteiger partial charge in [-0.2, -0.15) is 0 Å². The summed E-state index contributed by atoms with van der Waals surface area (Å²) in [6, 6.07) is 8.45. The molecule has 0 fully saturated rings. The number of aliphatic hydroxyl groups excluding tert-OH is 2. The monoisotopic (exact) mass is 360 g/mol. The Bertz CT molecular complexity index is 788. The van der Waals surface area contributed by atoms with Crippen LogP contribution in [0.25, 0.3) is 0 Å². The second-order valence-electron chi connectivity index (χ2n) is 6.63. The summed E-state index contributed by atoms with van der Waals surface area (Å²) in [6.07, 6.45) is 0.609. The second-order valence-corrected chi connectivity index (χ2v) is 6.63. The first-order valence-electron chi connectivity index (χ1n) is 8.52. The van der Waals surface area contributed by atoms with Gasteiger partial charge in [-0.15, -0.1) is 0 Å². The van der Waals surface area contributed by atoms with Gasteiger partial charge in [0.05, 0.1) is 14.2 Å². The highest BCUT2D eigenvalue weighted by Crippen LogP contribution is 2.47. The summed E-state index contributed by atoms with van der Waals surface area (Å²) in [6.45, 7) is -0.162. The van der Waals surface area contributed by atoms with Crippen molar-refractivity contribution in [2.45, 2.75) is 12.3 Å². The lowest BCUT2D eigenvalue weighted by molar-refractivity contribution is 0.101. The van der Waals surface area contributed by atoms with Crippen molar-refractivity contribution >= 4 is 0 Å². The molecule has 0 saturated heterocycles. The molecule has 0 amide bonds. The SMILES string of the molecule is COc1cc2c(cc1OC)[C@H](c1ccc(O)c(O)c1)[C@@H](CO)[C@H](CO)C2. The summed E-state index contributed by atoms with van der Waals surface area (Å²) in [4.78, 5) is 0. The van der Waals surface area contributed by atoms with E-state index >= 15 is 0 Å². The summed E-state index contributed by atoms with van der Waals surface area (Å²) in [5.74, 6) is 0.160. The molecule has 0 aromatic heterocycles. The number of hydrogen-bond donors (Lipinski definition) is 4. The molecule has 140 valence electrons. The summed E-state index contributed by atoms with van der Waals surface area (Å²) in [5.41, 5.74) is 2.71. The van der Waals surface area contributed by atoms with Gasteiger partial charge < -0.3 is 29.9 Å². The Kier molecular flexibility index (Phi) is 5.25. The van der Waals surface area contributed by atoms with E-state index in [0.29, 0.717) is 17.9 Å². The normalized spacial score (nSPS) is 21.9. The lowest BCUT2D eigenvalue weighted by atomic mass is 9.67. The number of phenolic OH excluding ortho intramolecular Hbond substituents is 2. The van der Waals surface area contributed by atoms with Crippen LogP contribution in [0.15, 0.2) is 30.3 Å². The van der Waals surface area contributed by atoms with Gasteiger partial charge in [-0.1, -0.05) is 6.07 Å². The third-order valence-corrected chi connectivity index (χ3v) is 5.30. The van der Waals surface area contributed by atoms with Crippen molar-refractivity contribution in [2.75, 3.05) is 27.4 Å². The molecular formula is C20H24O6. The van der Waals surface area contributed by atoms with E-state index in [1.807, 2.05) is 12.1 Å². The highest BCUT2D eigenvalue weighted by molar-refractivity contribution is 5.54. The summed E-state index contributed by atoms with van der Waals surface area (Å²) in [7, 11) is 3.14. The molecule has 0 aliphatic heterocycles. The molecule has 0 bridgehead atoms. The zero-order chi connectivity index (χ0) is 18.8. The zero-order valence-corrected chi connectivity index (χ0v) is 14.8. The number of hydrogen-bond acceptors (Lipinski definition) is 6. The van der Waals surface area contributed by atoms with Crippen LogP contribution in [-0.2, 0) is 6.42 Å². The lowest BCUT2D eigenvalue weighted by Gasteiger charge is -2.39. The van der Waals surface area contributed by atoms with Gasteiger partial charge in [-0.3, -0.25) is 0 Å². The maximum absolute atomic E-state index is 10.0. The van der Waals surface area contributed by atoms with Crippen LogP contribution in [0.1, 0.15) is 22.6 Å². The Morgan fingerprint density at radius 3 is 2.19 bits per heavy atom. The third kappa shape index (κ3) is 3.06. The Balaban J connectivity index is 2.20. The number of benzene rings is 2. The standard InChI is InChI=1S/C20H24O6/c1-25-18-7-12-5-13(9-21)15(10-22)20(14(12)8-19(18)26-2)11-3-4-16(23)17(24)6-11/h3-4,6-8,13,15,20-24H,5,9-10H2,1-2H3/t13-,15-,20-/m0/s1. The van der Waals surface area contributed by atoms with Gasteiger partial charge in [-0.25, -0.2) is 0 Å². The van der Waals surface area contributed by atoms with Gasteiger partial charge in [0.25, 0.3) is 0 Å². The van der Waals surface area contributed by atoms with E-state index in [-0.39, 0.29) is 42.5 Å². The second kappa shape index (κ2) is 7.43. The van der Waals surface area contributed by atoms with E-state index in [2.05, 4.69) is 0 Å². The van der Waals surface area contributed by atoms with Gasteiger partial charge >= 0.3 is 0 Å². The Hall–Kier alpha value is -2.44. The number of methoxy groups -OCH3 is 2. The first-order chi connectivity index (χ1) is 12.5. The predicted molar refractivity (Wildman–Crippen MR) is 96.0 cm³/mol. The number of ether oxygens (including phenoxy) is 2. The van der Waals surface area contributed by atoms with Crippen molar-refractivity contribution in [1.82, 2.24) is 0 Å². The summed E-state index contributed by atoms with van der Waals surface area (Å²) < 4.78 is 10.8. The number of fused-ring (bicyclic) bond motifs is 1. The van der Waals surface area contributed by atoms with Gasteiger partial charge in [0, 0.05) is 19.1 Å². The van der Waals surface area contributed by atoms with E-state index in [1.54, 1.807) is 20.3 Å². The number of rotatable bonds is 5. The van der Waals surface area contributed by atoms with Gasteiger partial charge in [0.2, 0.25) is 0 Å². The average Bonchev–Trinajstić information content (AvgIpc) is 2.67. The number of aromatic hydroxyl groups is 2. The van der Waals surface area contributed by atoms with Crippen LogP contribution in [-0.4, -0.2) is 47.9 Å². The molecule has 0 saturated carbocycles. The molecule has 2 aromatic rings. The Morgan fingerprint density at radius 2 is 1.62 bits per heavy atom. The smallest absolute Gasteiger partial charge is 0.161 e. The van der Waals surface area contributed by atoms with E-state index in [0.717, 1.165) is 16.7 Å². The minimum Gasteiger partial charge on any atom is -0.504 e. The minimum atomic E-state index is -0.257. The van der Waals surface area contributed by atoms with Gasteiger partial charge in [0.1, 0.15) is 0 Å².